The number of hydrogen-bond donors (Lipinski definition) is 2. The Labute approximate surface area is 213 Å². The number of nitrogens with zero attached hydrogens (tertiary/aromatic N) is 6. The summed E-state index contributed by atoms with van der Waals surface area (Å²) in [5.41, 5.74) is 3.49. The van der Waals surface area contributed by atoms with Gasteiger partial charge in [0.25, 0.3) is 0 Å². The smallest absolute Gasteiger partial charge is 0.241 e. The first-order chi connectivity index (χ1) is 17.9. The third kappa shape index (κ3) is 4.94. The standard InChI is InChI=1S/C26H31F3N8/c1-14-9-22(30-10-16(27)15-3-4-15)25-21(32-14)6-5-20(33-25)24-18(29)13-37-23(24)11-31-26(35-37)34-19-7-8-36(2)12-17(19)28/h5-6,11,13,15-17,19,22,30H,3-4,7-10,12H2,1-2H3,(H,34,35)/t16?,17-,19+,22?/m1/s1. The summed E-state index contributed by atoms with van der Waals surface area (Å²) in [5.74, 6) is -0.0877. The molecule has 6 rings (SSSR count). The summed E-state index contributed by atoms with van der Waals surface area (Å²) in [6.45, 7) is 3.33. The molecule has 0 spiro atoms. The number of fused-ring (bicyclic) bond motifs is 2. The Kier molecular flexibility index (Phi) is 6.36. The lowest BCUT2D eigenvalue weighted by atomic mass is 10.00. The fourth-order valence-electron chi connectivity index (χ4n) is 5.29. The first-order valence-corrected chi connectivity index (χ1v) is 12.9. The van der Waals surface area contributed by atoms with Gasteiger partial charge >= 0.3 is 0 Å². The van der Waals surface area contributed by atoms with E-state index in [2.05, 4.69) is 25.7 Å². The van der Waals surface area contributed by atoms with Crippen LogP contribution in [0, 0.1) is 11.7 Å². The summed E-state index contributed by atoms with van der Waals surface area (Å²) in [4.78, 5) is 15.7. The Morgan fingerprint density at radius 3 is 2.84 bits per heavy atom. The number of halogens is 3. The zero-order valence-corrected chi connectivity index (χ0v) is 21.0. The van der Waals surface area contributed by atoms with Gasteiger partial charge in [0.05, 0.1) is 52.6 Å². The molecule has 0 bridgehead atoms. The van der Waals surface area contributed by atoms with E-state index in [1.807, 2.05) is 24.9 Å². The zero-order chi connectivity index (χ0) is 25.7. The molecule has 196 valence electrons. The van der Waals surface area contributed by atoms with Gasteiger partial charge in [-0.05, 0) is 51.3 Å². The highest BCUT2D eigenvalue weighted by atomic mass is 19.1. The van der Waals surface area contributed by atoms with E-state index < -0.39 is 24.2 Å². The number of pyridine rings is 1. The van der Waals surface area contributed by atoms with Gasteiger partial charge in [-0.1, -0.05) is 0 Å². The van der Waals surface area contributed by atoms with Gasteiger partial charge in [-0.3, -0.25) is 4.99 Å². The van der Waals surface area contributed by atoms with E-state index in [4.69, 9.17) is 4.98 Å². The van der Waals surface area contributed by atoms with Gasteiger partial charge < -0.3 is 15.5 Å². The number of hydrogen-bond acceptors (Lipinski definition) is 7. The molecule has 0 aromatic carbocycles. The molecule has 4 atom stereocenters. The lowest BCUT2D eigenvalue weighted by Crippen LogP contribution is -2.46. The molecular formula is C26H31F3N8. The van der Waals surface area contributed by atoms with Crippen molar-refractivity contribution < 1.29 is 13.2 Å². The van der Waals surface area contributed by atoms with Gasteiger partial charge in [0.1, 0.15) is 12.3 Å². The molecule has 3 aromatic rings. The van der Waals surface area contributed by atoms with Crippen LogP contribution in [0.1, 0.15) is 44.3 Å². The summed E-state index contributed by atoms with van der Waals surface area (Å²) in [6.07, 6.45) is 4.02. The van der Waals surface area contributed by atoms with Crippen LogP contribution in [0.15, 0.2) is 29.5 Å². The van der Waals surface area contributed by atoms with E-state index in [1.165, 1.54) is 16.9 Å². The van der Waals surface area contributed by atoms with Crippen LogP contribution >= 0.6 is 0 Å². The van der Waals surface area contributed by atoms with Gasteiger partial charge in [-0.25, -0.2) is 27.7 Å². The number of piperidine rings is 1. The molecule has 2 aliphatic heterocycles. The maximum absolute atomic E-state index is 15.2. The molecule has 8 nitrogen and oxygen atoms in total. The third-order valence-electron chi connectivity index (χ3n) is 7.54. The van der Waals surface area contributed by atoms with E-state index >= 15 is 4.39 Å². The summed E-state index contributed by atoms with van der Waals surface area (Å²) in [6, 6.07) is 2.96. The van der Waals surface area contributed by atoms with Crippen LogP contribution in [0.2, 0.25) is 0 Å². The molecule has 1 saturated heterocycles. The summed E-state index contributed by atoms with van der Waals surface area (Å²) in [7, 11) is 1.89. The van der Waals surface area contributed by atoms with Gasteiger partial charge in [-0.2, -0.15) is 0 Å². The van der Waals surface area contributed by atoms with E-state index in [-0.39, 0.29) is 30.0 Å². The second-order valence-electron chi connectivity index (χ2n) is 10.5. The number of alkyl halides is 2. The Hall–Kier alpha value is -3.05. The lowest BCUT2D eigenvalue weighted by Gasteiger charge is -2.32. The number of rotatable bonds is 7. The molecule has 3 aliphatic rings. The average Bonchev–Trinajstić information content (AvgIpc) is 3.66. The quantitative estimate of drug-likeness (QED) is 0.492. The van der Waals surface area contributed by atoms with Gasteiger partial charge in [-0.15, -0.1) is 5.10 Å². The Morgan fingerprint density at radius 1 is 1.22 bits per heavy atom. The minimum Gasteiger partial charge on any atom is -0.347 e. The highest BCUT2D eigenvalue weighted by Crippen LogP contribution is 2.37. The van der Waals surface area contributed by atoms with Gasteiger partial charge in [0.2, 0.25) is 5.95 Å². The monoisotopic (exact) mass is 512 g/mol. The average molecular weight is 513 g/mol. The fraction of sp³-hybridized carbons (Fsp3) is 0.538. The highest BCUT2D eigenvalue weighted by molar-refractivity contribution is 5.88. The Morgan fingerprint density at radius 2 is 2.05 bits per heavy atom. The van der Waals surface area contributed by atoms with E-state index in [0.717, 1.165) is 25.1 Å². The van der Waals surface area contributed by atoms with E-state index in [1.54, 1.807) is 6.07 Å². The van der Waals surface area contributed by atoms with Crippen LogP contribution in [-0.4, -0.2) is 75.3 Å². The van der Waals surface area contributed by atoms with Crippen molar-refractivity contribution in [2.45, 2.75) is 57.0 Å². The second kappa shape index (κ2) is 9.68. The second-order valence-corrected chi connectivity index (χ2v) is 10.5. The predicted octanol–water partition coefficient (Wildman–Crippen LogP) is 4.26. The number of anilines is 1. The molecule has 1 saturated carbocycles. The summed E-state index contributed by atoms with van der Waals surface area (Å²) in [5, 5.41) is 10.8. The normalized spacial score (nSPS) is 25.1. The molecule has 0 amide bonds. The SMILES string of the molecule is CC1=Nc2ccc(-c3c(F)cn4nc(N[C@H]5CCN(C)C[C@H]5F)ncc34)nc2C(NCC(F)C2CC2)C1. The van der Waals surface area contributed by atoms with Crippen LogP contribution < -0.4 is 10.6 Å². The largest absolute Gasteiger partial charge is 0.347 e. The predicted molar refractivity (Wildman–Crippen MR) is 136 cm³/mol. The molecular weight excluding hydrogens is 481 g/mol. The van der Waals surface area contributed by atoms with E-state index in [9.17, 15) is 8.78 Å². The molecule has 37 heavy (non-hydrogen) atoms. The van der Waals surface area contributed by atoms with Crippen molar-refractivity contribution in [1.29, 1.82) is 0 Å². The summed E-state index contributed by atoms with van der Waals surface area (Å²) < 4.78 is 45.4. The molecule has 3 aromatic heterocycles. The van der Waals surface area contributed by atoms with Crippen molar-refractivity contribution >= 4 is 22.9 Å². The third-order valence-corrected chi connectivity index (χ3v) is 7.54. The highest BCUT2D eigenvalue weighted by Gasteiger charge is 2.33. The molecule has 11 heteroatoms. The van der Waals surface area contributed by atoms with Crippen molar-refractivity contribution in [3.63, 3.8) is 0 Å². The number of likely N-dealkylation sites (tertiary alicyclic amines) is 1. The molecule has 2 fully saturated rings. The number of nitrogens with one attached hydrogen (secondary N) is 2. The van der Waals surface area contributed by atoms with Crippen LogP contribution in [-0.2, 0) is 0 Å². The topological polar surface area (TPSA) is 82.7 Å². The van der Waals surface area contributed by atoms with Crippen molar-refractivity contribution in [2.75, 3.05) is 32.0 Å². The van der Waals surface area contributed by atoms with Crippen molar-refractivity contribution in [2.24, 2.45) is 10.9 Å². The van der Waals surface area contributed by atoms with Crippen LogP contribution in [0.5, 0.6) is 0 Å². The first-order valence-electron chi connectivity index (χ1n) is 12.9. The van der Waals surface area contributed by atoms with Crippen molar-refractivity contribution in [1.82, 2.24) is 29.8 Å². The maximum atomic E-state index is 15.2. The Bertz CT molecular complexity index is 1340. The Balaban J connectivity index is 1.27. The molecule has 1 aliphatic carbocycles. The van der Waals surface area contributed by atoms with Gasteiger partial charge in [0.15, 0.2) is 5.82 Å². The van der Waals surface area contributed by atoms with Crippen molar-refractivity contribution in [3.05, 3.63) is 36.0 Å². The molecule has 0 radical (unpaired) electrons. The lowest BCUT2D eigenvalue weighted by molar-refractivity contribution is 0.149. The number of aliphatic imine (C=N–C) groups is 1. The molecule has 5 heterocycles. The molecule has 2 N–H and O–H groups in total. The first kappa shape index (κ1) is 24.3. The van der Waals surface area contributed by atoms with Crippen LogP contribution in [0.3, 0.4) is 0 Å². The van der Waals surface area contributed by atoms with E-state index in [0.29, 0.717) is 42.0 Å². The minimum atomic E-state index is -1.04. The number of aromatic nitrogens is 4. The summed E-state index contributed by atoms with van der Waals surface area (Å²) >= 11 is 0. The zero-order valence-electron chi connectivity index (χ0n) is 21.0. The van der Waals surface area contributed by atoms with Crippen LogP contribution in [0.25, 0.3) is 16.8 Å². The minimum absolute atomic E-state index is 0.154. The maximum Gasteiger partial charge on any atom is 0.241 e. The molecule has 2 unspecified atom stereocenters. The fourth-order valence-corrected chi connectivity index (χ4v) is 5.29. The van der Waals surface area contributed by atoms with Gasteiger partial charge in [0, 0.05) is 31.8 Å². The van der Waals surface area contributed by atoms with Crippen molar-refractivity contribution in [3.8, 4) is 11.3 Å². The van der Waals surface area contributed by atoms with Crippen LogP contribution in [0.4, 0.5) is 24.8 Å².